The Bertz CT molecular complexity index is 636. The molecule has 2 rings (SSSR count). The summed E-state index contributed by atoms with van der Waals surface area (Å²) < 4.78 is 5.12. The second kappa shape index (κ2) is 7.73. The van der Waals surface area contributed by atoms with E-state index in [-0.39, 0.29) is 12.5 Å². The number of H-pyrrole nitrogens is 1. The van der Waals surface area contributed by atoms with Crippen LogP contribution in [-0.2, 0) is 11.3 Å². The van der Waals surface area contributed by atoms with E-state index < -0.39 is 6.04 Å². The van der Waals surface area contributed by atoms with E-state index in [9.17, 15) is 4.79 Å². The van der Waals surface area contributed by atoms with Crippen LogP contribution >= 0.6 is 0 Å². The van der Waals surface area contributed by atoms with Gasteiger partial charge in [0.25, 0.3) is 0 Å². The minimum Gasteiger partial charge on any atom is -0.497 e. The quantitative estimate of drug-likeness (QED) is 0.717. The lowest BCUT2D eigenvalue weighted by Gasteiger charge is -2.13. The summed E-state index contributed by atoms with van der Waals surface area (Å²) in [7, 11) is 1.62. The molecule has 1 atom stereocenters. The number of benzene rings is 1. The van der Waals surface area contributed by atoms with Crippen molar-refractivity contribution >= 4 is 5.91 Å². The molecule has 4 N–H and O–H groups in total. The number of nitrogens with one attached hydrogen (secondary N) is 2. The minimum atomic E-state index is -0.501. The van der Waals surface area contributed by atoms with Crippen molar-refractivity contribution in [3.8, 4) is 17.1 Å². The van der Waals surface area contributed by atoms with Crippen LogP contribution in [0.3, 0.4) is 0 Å². The molecule has 0 aliphatic rings. The first-order valence-electron chi connectivity index (χ1n) is 7.58. The zero-order valence-electron chi connectivity index (χ0n) is 13.7. The lowest BCUT2D eigenvalue weighted by molar-refractivity contribution is -0.122. The number of aromatic amines is 1. The van der Waals surface area contributed by atoms with E-state index in [4.69, 9.17) is 10.5 Å². The molecule has 0 aliphatic carbocycles. The lowest BCUT2D eigenvalue weighted by atomic mass is 10.0. The Labute approximate surface area is 135 Å². The molecule has 0 radical (unpaired) electrons. The Morgan fingerprint density at radius 3 is 2.65 bits per heavy atom. The normalized spacial score (nSPS) is 12.2. The van der Waals surface area contributed by atoms with Crippen molar-refractivity contribution < 1.29 is 9.53 Å². The third kappa shape index (κ3) is 4.79. The van der Waals surface area contributed by atoms with E-state index in [0.29, 0.717) is 24.0 Å². The molecule has 1 aromatic carbocycles. The summed E-state index contributed by atoms with van der Waals surface area (Å²) in [5.41, 5.74) is 6.71. The van der Waals surface area contributed by atoms with Gasteiger partial charge in [-0.2, -0.15) is 5.10 Å². The van der Waals surface area contributed by atoms with Gasteiger partial charge >= 0.3 is 0 Å². The van der Waals surface area contributed by atoms with Gasteiger partial charge in [-0.15, -0.1) is 0 Å². The number of methoxy groups -OCH3 is 1. The third-order valence-electron chi connectivity index (χ3n) is 3.37. The smallest absolute Gasteiger partial charge is 0.237 e. The molecule has 0 spiro atoms. The molecule has 2 aromatic rings. The summed E-state index contributed by atoms with van der Waals surface area (Å²) in [5.74, 6) is 2.13. The number of carbonyl (C=O) groups is 1. The highest BCUT2D eigenvalue weighted by Crippen LogP contribution is 2.18. The SMILES string of the molecule is COc1ccc(-c2n[nH]c(CNC(=O)[C@@H](N)CC(C)C)n2)cc1. The van der Waals surface area contributed by atoms with Crippen molar-refractivity contribution in [1.29, 1.82) is 0 Å². The van der Waals surface area contributed by atoms with E-state index in [2.05, 4.69) is 20.5 Å². The number of nitrogens with zero attached hydrogens (tertiary/aromatic N) is 2. The Hall–Kier alpha value is -2.41. The van der Waals surface area contributed by atoms with Crippen LogP contribution in [0.4, 0.5) is 0 Å². The van der Waals surface area contributed by atoms with Gasteiger partial charge in [-0.05, 0) is 36.6 Å². The van der Waals surface area contributed by atoms with Crippen molar-refractivity contribution in [2.75, 3.05) is 7.11 Å². The Balaban J connectivity index is 1.93. The fraction of sp³-hybridized carbons (Fsp3) is 0.438. The average Bonchev–Trinajstić information content (AvgIpc) is 3.01. The van der Waals surface area contributed by atoms with Gasteiger partial charge in [-0.1, -0.05) is 13.8 Å². The molecule has 23 heavy (non-hydrogen) atoms. The number of nitrogens with two attached hydrogens (primary N) is 1. The van der Waals surface area contributed by atoms with E-state index in [1.54, 1.807) is 7.11 Å². The van der Waals surface area contributed by atoms with Gasteiger partial charge in [-0.3, -0.25) is 9.89 Å². The second-order valence-corrected chi connectivity index (χ2v) is 5.79. The molecule has 124 valence electrons. The zero-order valence-corrected chi connectivity index (χ0v) is 13.7. The summed E-state index contributed by atoms with van der Waals surface area (Å²) in [5, 5.41) is 9.74. The van der Waals surface area contributed by atoms with Gasteiger partial charge < -0.3 is 15.8 Å². The van der Waals surface area contributed by atoms with Crippen LogP contribution in [0, 0.1) is 5.92 Å². The zero-order chi connectivity index (χ0) is 16.8. The maximum absolute atomic E-state index is 11.9. The van der Waals surface area contributed by atoms with Gasteiger partial charge in [0.05, 0.1) is 19.7 Å². The highest BCUT2D eigenvalue weighted by atomic mass is 16.5. The fourth-order valence-electron chi connectivity index (χ4n) is 2.16. The maximum atomic E-state index is 11.9. The van der Waals surface area contributed by atoms with Gasteiger partial charge in [-0.25, -0.2) is 4.98 Å². The van der Waals surface area contributed by atoms with Crippen LogP contribution in [-0.4, -0.2) is 34.2 Å². The number of rotatable bonds is 7. The van der Waals surface area contributed by atoms with Crippen molar-refractivity contribution in [1.82, 2.24) is 20.5 Å². The number of aromatic nitrogens is 3. The monoisotopic (exact) mass is 317 g/mol. The summed E-state index contributed by atoms with van der Waals surface area (Å²) in [4.78, 5) is 16.3. The summed E-state index contributed by atoms with van der Waals surface area (Å²) in [6, 6.07) is 6.95. The largest absolute Gasteiger partial charge is 0.497 e. The van der Waals surface area contributed by atoms with Gasteiger partial charge in [0.1, 0.15) is 11.6 Å². The van der Waals surface area contributed by atoms with Crippen LogP contribution in [0.5, 0.6) is 5.75 Å². The van der Waals surface area contributed by atoms with Crippen molar-refractivity contribution in [2.24, 2.45) is 11.7 Å². The Morgan fingerprint density at radius 2 is 2.04 bits per heavy atom. The number of carbonyl (C=O) groups excluding carboxylic acids is 1. The van der Waals surface area contributed by atoms with Crippen LogP contribution in [0.25, 0.3) is 11.4 Å². The first-order chi connectivity index (χ1) is 11.0. The highest BCUT2D eigenvalue weighted by Gasteiger charge is 2.15. The van der Waals surface area contributed by atoms with E-state index >= 15 is 0 Å². The predicted octanol–water partition coefficient (Wildman–Crippen LogP) is 1.47. The van der Waals surface area contributed by atoms with Crippen LogP contribution in [0.2, 0.25) is 0 Å². The molecular formula is C16H23N5O2. The minimum absolute atomic E-state index is 0.180. The molecule has 0 unspecified atom stereocenters. The van der Waals surface area contributed by atoms with Crippen molar-refractivity contribution in [2.45, 2.75) is 32.9 Å². The summed E-state index contributed by atoms with van der Waals surface area (Å²) in [6.07, 6.45) is 0.652. The van der Waals surface area contributed by atoms with Gasteiger partial charge in [0.15, 0.2) is 5.82 Å². The molecule has 0 bridgehead atoms. The van der Waals surface area contributed by atoms with E-state index in [0.717, 1.165) is 11.3 Å². The molecule has 7 nitrogen and oxygen atoms in total. The van der Waals surface area contributed by atoms with E-state index in [1.165, 1.54) is 0 Å². The fourth-order valence-corrected chi connectivity index (χ4v) is 2.16. The van der Waals surface area contributed by atoms with Crippen molar-refractivity contribution in [3.63, 3.8) is 0 Å². The summed E-state index contributed by atoms with van der Waals surface area (Å²) >= 11 is 0. The molecule has 0 saturated heterocycles. The molecule has 0 saturated carbocycles. The standard InChI is InChI=1S/C16H23N5O2/c1-10(2)8-13(17)16(22)18-9-14-19-15(21-20-14)11-4-6-12(23-3)7-5-11/h4-7,10,13H,8-9,17H2,1-3H3,(H,18,22)(H,19,20,21)/t13-/m0/s1. The first-order valence-corrected chi connectivity index (χ1v) is 7.58. The molecule has 1 heterocycles. The number of hydrogen-bond acceptors (Lipinski definition) is 5. The Morgan fingerprint density at radius 1 is 1.35 bits per heavy atom. The molecule has 7 heteroatoms. The lowest BCUT2D eigenvalue weighted by Crippen LogP contribution is -2.41. The van der Waals surface area contributed by atoms with Crippen molar-refractivity contribution in [3.05, 3.63) is 30.1 Å². The number of amides is 1. The average molecular weight is 317 g/mol. The molecule has 1 aromatic heterocycles. The molecule has 0 fully saturated rings. The van der Waals surface area contributed by atoms with Crippen LogP contribution in [0.1, 0.15) is 26.1 Å². The maximum Gasteiger partial charge on any atom is 0.237 e. The highest BCUT2D eigenvalue weighted by molar-refractivity contribution is 5.81. The van der Waals surface area contributed by atoms with E-state index in [1.807, 2.05) is 38.1 Å². The third-order valence-corrected chi connectivity index (χ3v) is 3.37. The Kier molecular flexibility index (Phi) is 5.70. The molecule has 1 amide bonds. The summed E-state index contributed by atoms with van der Waals surface area (Å²) in [6.45, 7) is 4.34. The molecular weight excluding hydrogens is 294 g/mol. The number of hydrogen-bond donors (Lipinski definition) is 3. The number of ether oxygens (including phenoxy) is 1. The van der Waals surface area contributed by atoms with Crippen LogP contribution < -0.4 is 15.8 Å². The second-order valence-electron chi connectivity index (χ2n) is 5.79. The van der Waals surface area contributed by atoms with Crippen LogP contribution in [0.15, 0.2) is 24.3 Å². The van der Waals surface area contributed by atoms with Gasteiger partial charge in [0.2, 0.25) is 5.91 Å². The topological polar surface area (TPSA) is 106 Å². The molecule has 0 aliphatic heterocycles. The van der Waals surface area contributed by atoms with Gasteiger partial charge in [0, 0.05) is 5.56 Å². The first kappa shape index (κ1) is 17.0. The predicted molar refractivity (Wildman–Crippen MR) is 87.6 cm³/mol.